The van der Waals surface area contributed by atoms with Crippen molar-refractivity contribution >= 4 is 0 Å². The molecule has 0 amide bonds. The Morgan fingerprint density at radius 1 is 1.16 bits per heavy atom. The molecule has 3 aliphatic carbocycles. The minimum atomic E-state index is -1.60. The first kappa shape index (κ1) is 22.8. The Morgan fingerprint density at radius 3 is 2.65 bits per heavy atom. The van der Waals surface area contributed by atoms with Gasteiger partial charge in [0.25, 0.3) is 0 Å². The van der Waals surface area contributed by atoms with Crippen LogP contribution in [0.4, 0.5) is 0 Å². The lowest BCUT2D eigenvalue weighted by atomic mass is 9.43. The zero-order valence-electron chi connectivity index (χ0n) is 19.6. The number of phenols is 1. The number of benzene rings is 1. The van der Waals surface area contributed by atoms with Gasteiger partial charge in [-0.15, -0.1) is 6.58 Å². The fourth-order valence-corrected chi connectivity index (χ4v) is 7.70. The maximum Gasteiger partial charge on any atom is 0.168 e. The van der Waals surface area contributed by atoms with Gasteiger partial charge >= 0.3 is 0 Å². The molecule has 4 rings (SSSR count). The van der Waals surface area contributed by atoms with Gasteiger partial charge in [0, 0.05) is 11.8 Å². The van der Waals surface area contributed by atoms with Crippen LogP contribution >= 0.6 is 0 Å². The van der Waals surface area contributed by atoms with E-state index in [1.807, 2.05) is 12.1 Å². The Bertz CT molecular complexity index is 819. The van der Waals surface area contributed by atoms with E-state index in [1.54, 1.807) is 0 Å². The van der Waals surface area contributed by atoms with Crippen molar-refractivity contribution in [2.24, 2.45) is 22.7 Å². The number of nitrogens with zero attached hydrogens (tertiary/aromatic N) is 1. The monoisotopic (exact) mass is 427 g/mol. The first-order valence-electron chi connectivity index (χ1n) is 12.2. The summed E-state index contributed by atoms with van der Waals surface area (Å²) >= 11 is 0. The number of aromatic hydroxyl groups is 1. The van der Waals surface area contributed by atoms with Gasteiger partial charge in [-0.1, -0.05) is 31.9 Å². The molecule has 1 unspecified atom stereocenters. The summed E-state index contributed by atoms with van der Waals surface area (Å²) in [4.78, 5) is 2.24. The SMILES string of the molecule is C=CC12CCc3cc(O)ccc3[C@H]1[C@@H](CCCCCN(C)C)C[C@@]1(C)[C@H]2CCC1(O)O. The van der Waals surface area contributed by atoms with E-state index < -0.39 is 11.2 Å². The van der Waals surface area contributed by atoms with Crippen molar-refractivity contribution in [3.05, 3.63) is 42.0 Å². The highest BCUT2D eigenvalue weighted by Gasteiger charge is 2.67. The average Bonchev–Trinajstić information content (AvgIpc) is 2.96. The molecule has 3 aliphatic rings. The van der Waals surface area contributed by atoms with Crippen LogP contribution in [-0.4, -0.2) is 46.6 Å². The molecule has 0 bridgehead atoms. The molecule has 2 fully saturated rings. The van der Waals surface area contributed by atoms with Gasteiger partial charge in [0.1, 0.15) is 5.75 Å². The second-order valence-electron chi connectivity index (χ2n) is 11.1. The van der Waals surface area contributed by atoms with E-state index in [4.69, 9.17) is 0 Å². The molecule has 0 spiro atoms. The van der Waals surface area contributed by atoms with Gasteiger partial charge in [-0.3, -0.25) is 0 Å². The van der Waals surface area contributed by atoms with E-state index in [0.29, 0.717) is 24.0 Å². The number of phenolic OH excluding ortho intramolecular Hbond substituents is 1. The number of aliphatic hydroxyl groups is 2. The molecule has 0 heterocycles. The van der Waals surface area contributed by atoms with E-state index >= 15 is 0 Å². The number of fused-ring (bicyclic) bond motifs is 5. The van der Waals surface area contributed by atoms with Crippen LogP contribution in [0, 0.1) is 22.7 Å². The van der Waals surface area contributed by atoms with Crippen LogP contribution in [0.2, 0.25) is 0 Å². The van der Waals surface area contributed by atoms with Crippen LogP contribution in [0.5, 0.6) is 5.75 Å². The van der Waals surface area contributed by atoms with Crippen LogP contribution in [0.3, 0.4) is 0 Å². The van der Waals surface area contributed by atoms with Gasteiger partial charge in [0.05, 0.1) is 0 Å². The summed E-state index contributed by atoms with van der Waals surface area (Å²) in [5.41, 5.74) is 2.01. The summed E-state index contributed by atoms with van der Waals surface area (Å²) in [6.07, 6.45) is 10.9. The summed E-state index contributed by atoms with van der Waals surface area (Å²) < 4.78 is 0. The zero-order valence-corrected chi connectivity index (χ0v) is 19.6. The number of allylic oxidation sites excluding steroid dienone is 1. The third-order valence-corrected chi connectivity index (χ3v) is 9.20. The third kappa shape index (κ3) is 3.65. The maximum absolute atomic E-state index is 11.1. The second kappa shape index (κ2) is 8.20. The van der Waals surface area contributed by atoms with Crippen LogP contribution < -0.4 is 0 Å². The van der Waals surface area contributed by atoms with Crippen molar-refractivity contribution < 1.29 is 15.3 Å². The highest BCUT2D eigenvalue weighted by atomic mass is 16.5. The fourth-order valence-electron chi connectivity index (χ4n) is 7.70. The molecule has 0 aliphatic heterocycles. The average molecular weight is 428 g/mol. The van der Waals surface area contributed by atoms with Crippen LogP contribution in [0.25, 0.3) is 0 Å². The summed E-state index contributed by atoms with van der Waals surface area (Å²) in [5.74, 6) is -0.299. The van der Waals surface area contributed by atoms with E-state index in [0.717, 1.165) is 38.6 Å². The van der Waals surface area contributed by atoms with Gasteiger partial charge in [0.15, 0.2) is 5.79 Å². The number of hydrogen-bond acceptors (Lipinski definition) is 4. The predicted octanol–water partition coefficient (Wildman–Crippen LogP) is 4.83. The van der Waals surface area contributed by atoms with E-state index in [1.165, 1.54) is 30.4 Å². The Kier molecular flexibility index (Phi) is 6.04. The molecule has 4 nitrogen and oxygen atoms in total. The van der Waals surface area contributed by atoms with Crippen molar-refractivity contribution in [3.8, 4) is 5.75 Å². The fraction of sp³-hybridized carbons (Fsp3) is 0.704. The van der Waals surface area contributed by atoms with Crippen LogP contribution in [0.15, 0.2) is 30.9 Å². The second-order valence-corrected chi connectivity index (χ2v) is 11.1. The molecule has 0 radical (unpaired) electrons. The number of unbranched alkanes of at least 4 members (excludes halogenated alkanes) is 2. The minimum absolute atomic E-state index is 0.113. The predicted molar refractivity (Wildman–Crippen MR) is 125 cm³/mol. The standard InChI is InChI=1S/C27H41NO3/c1-5-26-14-12-19-17-21(29)10-11-22(19)24(26)20(9-7-6-8-16-28(3)4)18-25(2)23(26)13-15-27(25,30)31/h5,10-11,17,20,23-24,29-31H,1,6-9,12-16,18H2,2-4H3/t20-,23+,24+,25-,26?/m0/s1. The van der Waals surface area contributed by atoms with Gasteiger partial charge < -0.3 is 20.2 Å². The molecule has 5 atom stereocenters. The third-order valence-electron chi connectivity index (χ3n) is 9.20. The normalized spacial score (nSPS) is 36.0. The summed E-state index contributed by atoms with van der Waals surface area (Å²) in [6.45, 7) is 7.57. The van der Waals surface area contributed by atoms with Crippen molar-refractivity contribution in [2.45, 2.75) is 76.4 Å². The van der Waals surface area contributed by atoms with Crippen molar-refractivity contribution in [3.63, 3.8) is 0 Å². The topological polar surface area (TPSA) is 63.9 Å². The summed E-state index contributed by atoms with van der Waals surface area (Å²) in [7, 11) is 4.24. The first-order valence-corrected chi connectivity index (χ1v) is 12.2. The number of aryl methyl sites for hydroxylation is 1. The molecule has 172 valence electrons. The smallest absolute Gasteiger partial charge is 0.168 e. The lowest BCUT2D eigenvalue weighted by molar-refractivity contribution is -0.253. The molecule has 0 aromatic heterocycles. The van der Waals surface area contributed by atoms with Crippen molar-refractivity contribution in [1.82, 2.24) is 4.90 Å². The van der Waals surface area contributed by atoms with Crippen molar-refractivity contribution in [2.75, 3.05) is 20.6 Å². The molecular formula is C27H41NO3. The van der Waals surface area contributed by atoms with Gasteiger partial charge in [0.2, 0.25) is 0 Å². The molecular weight excluding hydrogens is 386 g/mol. The summed E-state index contributed by atoms with van der Waals surface area (Å²) in [6, 6.07) is 5.91. The Morgan fingerprint density at radius 2 is 1.94 bits per heavy atom. The van der Waals surface area contributed by atoms with Crippen LogP contribution in [-0.2, 0) is 6.42 Å². The number of hydrogen-bond donors (Lipinski definition) is 3. The van der Waals surface area contributed by atoms with E-state index in [9.17, 15) is 15.3 Å². The number of rotatable bonds is 7. The molecule has 1 aromatic carbocycles. The maximum atomic E-state index is 11.1. The molecule has 31 heavy (non-hydrogen) atoms. The lowest BCUT2D eigenvalue weighted by Crippen LogP contribution is -2.57. The van der Waals surface area contributed by atoms with E-state index in [-0.39, 0.29) is 11.3 Å². The zero-order chi connectivity index (χ0) is 22.4. The Labute approximate surface area is 188 Å². The van der Waals surface area contributed by atoms with Crippen LogP contribution in [0.1, 0.15) is 75.3 Å². The lowest BCUT2D eigenvalue weighted by Gasteiger charge is -2.61. The molecule has 2 saturated carbocycles. The Hall–Kier alpha value is -1.36. The van der Waals surface area contributed by atoms with Gasteiger partial charge in [-0.25, -0.2) is 0 Å². The highest BCUT2D eigenvalue weighted by Crippen LogP contribution is 2.71. The van der Waals surface area contributed by atoms with E-state index in [2.05, 4.69) is 44.6 Å². The quantitative estimate of drug-likeness (QED) is 0.331. The molecule has 3 N–H and O–H groups in total. The van der Waals surface area contributed by atoms with Gasteiger partial charge in [-0.2, -0.15) is 0 Å². The van der Waals surface area contributed by atoms with Gasteiger partial charge in [-0.05, 0) is 106 Å². The first-order chi connectivity index (χ1) is 14.6. The molecule has 4 heteroatoms. The largest absolute Gasteiger partial charge is 0.508 e. The Balaban J connectivity index is 1.70. The van der Waals surface area contributed by atoms with Crippen molar-refractivity contribution in [1.29, 1.82) is 0 Å². The highest BCUT2D eigenvalue weighted by molar-refractivity contribution is 5.43. The molecule has 0 saturated heterocycles. The summed E-state index contributed by atoms with van der Waals surface area (Å²) in [5, 5.41) is 32.2. The minimum Gasteiger partial charge on any atom is -0.508 e. The molecule has 1 aromatic rings.